The fourth-order valence-corrected chi connectivity index (χ4v) is 1.99. The molecular weight excluding hydrogens is 230 g/mol. The van der Waals surface area contributed by atoms with Crippen LogP contribution in [0.4, 0.5) is 10.5 Å². The first-order valence-corrected chi connectivity index (χ1v) is 5.29. The minimum atomic E-state index is -0.560. The molecule has 16 heavy (non-hydrogen) atoms. The van der Waals surface area contributed by atoms with E-state index in [0.717, 1.165) is 5.56 Å². The number of hydrogen-bond donors (Lipinski definition) is 0. The average molecular weight is 240 g/mol. The predicted molar refractivity (Wildman–Crippen MR) is 59.8 cm³/mol. The fraction of sp³-hybridized carbons (Fsp3) is 0.273. The van der Waals surface area contributed by atoms with E-state index in [0.29, 0.717) is 17.8 Å². The van der Waals surface area contributed by atoms with E-state index in [2.05, 4.69) is 0 Å². The summed E-state index contributed by atoms with van der Waals surface area (Å²) in [5.41, 5.74) is 1.88. The van der Waals surface area contributed by atoms with E-state index in [1.54, 1.807) is 18.2 Å². The summed E-state index contributed by atoms with van der Waals surface area (Å²) < 4.78 is 4.92. The number of ether oxygens (including phenoxy) is 1. The lowest BCUT2D eigenvalue weighted by Crippen LogP contribution is -2.26. The van der Waals surface area contributed by atoms with Crippen molar-refractivity contribution in [1.29, 1.82) is 0 Å². The summed E-state index contributed by atoms with van der Waals surface area (Å²) in [5, 5.41) is -0.560. The highest BCUT2D eigenvalue weighted by atomic mass is 35.5. The second-order valence-electron chi connectivity index (χ2n) is 3.38. The van der Waals surface area contributed by atoms with Gasteiger partial charge in [-0.3, -0.25) is 9.69 Å². The predicted octanol–water partition coefficient (Wildman–Crippen LogP) is 2.54. The molecule has 1 aliphatic rings. The van der Waals surface area contributed by atoms with Crippen LogP contribution in [0.25, 0.3) is 0 Å². The van der Waals surface area contributed by atoms with Crippen LogP contribution in [0.15, 0.2) is 18.2 Å². The van der Waals surface area contributed by atoms with Gasteiger partial charge in [-0.25, -0.2) is 4.79 Å². The van der Waals surface area contributed by atoms with Crippen molar-refractivity contribution in [2.75, 3.05) is 11.4 Å². The third-order valence-electron chi connectivity index (χ3n) is 2.54. The maximum absolute atomic E-state index is 11.3. The second-order valence-corrected chi connectivity index (χ2v) is 3.70. The topological polar surface area (TPSA) is 46.6 Å². The summed E-state index contributed by atoms with van der Waals surface area (Å²) in [6, 6.07) is 5.15. The van der Waals surface area contributed by atoms with Crippen LogP contribution < -0.4 is 4.90 Å². The third kappa shape index (κ3) is 1.65. The smallest absolute Gasteiger partial charge is 0.338 e. The van der Waals surface area contributed by atoms with E-state index >= 15 is 0 Å². The maximum Gasteiger partial charge on any atom is 0.338 e. The molecule has 0 radical (unpaired) electrons. The van der Waals surface area contributed by atoms with Crippen LogP contribution in [0.3, 0.4) is 0 Å². The quantitative estimate of drug-likeness (QED) is 0.453. The van der Waals surface area contributed by atoms with Crippen LogP contribution in [0.1, 0.15) is 22.8 Å². The molecule has 0 fully saturated rings. The van der Waals surface area contributed by atoms with E-state index in [-0.39, 0.29) is 12.6 Å². The van der Waals surface area contributed by atoms with Gasteiger partial charge in [-0.05, 0) is 30.7 Å². The second kappa shape index (κ2) is 4.14. The molecule has 0 spiro atoms. The molecule has 0 saturated heterocycles. The summed E-state index contributed by atoms with van der Waals surface area (Å²) in [4.78, 5) is 24.0. The highest BCUT2D eigenvalue weighted by molar-refractivity contribution is 6.66. The van der Waals surface area contributed by atoms with Crippen molar-refractivity contribution >= 4 is 28.6 Å². The van der Waals surface area contributed by atoms with Crippen LogP contribution in [0, 0.1) is 0 Å². The number of carbonyl (C=O) groups excluding carboxylic acids is 2. The molecule has 0 aliphatic carbocycles. The Hall–Kier alpha value is -1.55. The van der Waals surface area contributed by atoms with E-state index in [1.807, 2.05) is 6.92 Å². The van der Waals surface area contributed by atoms with Gasteiger partial charge in [0.2, 0.25) is 0 Å². The molecule has 0 aromatic heterocycles. The Kier molecular flexibility index (Phi) is 2.83. The van der Waals surface area contributed by atoms with Crippen LogP contribution in [0.2, 0.25) is 0 Å². The molecule has 1 heterocycles. The number of esters is 1. The number of anilines is 1. The number of cyclic esters (lactones) is 1. The molecule has 4 nitrogen and oxygen atoms in total. The summed E-state index contributed by atoms with van der Waals surface area (Å²) in [5.74, 6) is -0.352. The Morgan fingerprint density at radius 2 is 2.31 bits per heavy atom. The molecule has 1 amide bonds. The minimum absolute atomic E-state index is 0.199. The van der Waals surface area contributed by atoms with Crippen molar-refractivity contribution in [3.8, 4) is 0 Å². The summed E-state index contributed by atoms with van der Waals surface area (Å²) >= 11 is 5.48. The number of carbonyl (C=O) groups is 2. The molecule has 84 valence electrons. The normalized spacial score (nSPS) is 13.2. The highest BCUT2D eigenvalue weighted by Crippen LogP contribution is 2.30. The van der Waals surface area contributed by atoms with Gasteiger partial charge in [-0.1, -0.05) is 6.07 Å². The number of halogens is 1. The number of hydrogen-bond acceptors (Lipinski definition) is 3. The first-order valence-electron chi connectivity index (χ1n) is 4.91. The molecular formula is C11H10ClNO3. The van der Waals surface area contributed by atoms with Gasteiger partial charge in [0.1, 0.15) is 6.61 Å². The monoisotopic (exact) mass is 239 g/mol. The zero-order valence-electron chi connectivity index (χ0n) is 8.70. The number of amides is 1. The number of nitrogens with zero attached hydrogens (tertiary/aromatic N) is 1. The van der Waals surface area contributed by atoms with Gasteiger partial charge in [0.15, 0.2) is 0 Å². The Bertz CT molecular complexity index is 459. The Morgan fingerprint density at radius 1 is 1.56 bits per heavy atom. The molecule has 1 aromatic rings. The first kappa shape index (κ1) is 11.0. The van der Waals surface area contributed by atoms with Gasteiger partial charge < -0.3 is 4.74 Å². The Morgan fingerprint density at radius 3 is 2.94 bits per heavy atom. The van der Waals surface area contributed by atoms with Gasteiger partial charge in [-0.2, -0.15) is 0 Å². The van der Waals surface area contributed by atoms with Crippen LogP contribution in [-0.4, -0.2) is 17.9 Å². The first-order chi connectivity index (χ1) is 7.65. The van der Waals surface area contributed by atoms with Crippen molar-refractivity contribution in [2.45, 2.75) is 13.5 Å². The van der Waals surface area contributed by atoms with E-state index < -0.39 is 5.37 Å². The van der Waals surface area contributed by atoms with Gasteiger partial charge in [-0.15, -0.1) is 0 Å². The molecule has 0 bridgehead atoms. The van der Waals surface area contributed by atoms with Crippen LogP contribution >= 0.6 is 11.6 Å². The van der Waals surface area contributed by atoms with Crippen molar-refractivity contribution in [1.82, 2.24) is 0 Å². The lowest BCUT2D eigenvalue weighted by Gasteiger charge is -2.19. The lowest BCUT2D eigenvalue weighted by atomic mass is 10.1. The minimum Gasteiger partial charge on any atom is -0.457 e. The van der Waals surface area contributed by atoms with Crippen molar-refractivity contribution < 1.29 is 14.3 Å². The van der Waals surface area contributed by atoms with Gasteiger partial charge in [0.25, 0.3) is 0 Å². The molecule has 0 N–H and O–H groups in total. The molecule has 0 saturated carbocycles. The zero-order valence-corrected chi connectivity index (χ0v) is 9.45. The molecule has 0 unspecified atom stereocenters. The summed E-state index contributed by atoms with van der Waals surface area (Å²) in [6.45, 7) is 2.47. The fourth-order valence-electron chi connectivity index (χ4n) is 1.78. The maximum atomic E-state index is 11.3. The zero-order chi connectivity index (χ0) is 11.7. The Labute approximate surface area is 97.7 Å². The SMILES string of the molecule is CCN(C(=O)Cl)c1cccc2c1COC2=O. The molecule has 2 rings (SSSR count). The number of fused-ring (bicyclic) bond motifs is 1. The highest BCUT2D eigenvalue weighted by Gasteiger charge is 2.26. The van der Waals surface area contributed by atoms with Crippen molar-refractivity contribution in [2.24, 2.45) is 0 Å². The number of benzene rings is 1. The van der Waals surface area contributed by atoms with Gasteiger partial charge in [0.05, 0.1) is 11.3 Å². The van der Waals surface area contributed by atoms with E-state index in [4.69, 9.17) is 16.3 Å². The van der Waals surface area contributed by atoms with Crippen LogP contribution in [-0.2, 0) is 11.3 Å². The van der Waals surface area contributed by atoms with Crippen LogP contribution in [0.5, 0.6) is 0 Å². The largest absolute Gasteiger partial charge is 0.457 e. The lowest BCUT2D eigenvalue weighted by molar-refractivity contribution is 0.0535. The van der Waals surface area contributed by atoms with Crippen molar-refractivity contribution in [3.05, 3.63) is 29.3 Å². The molecule has 5 heteroatoms. The van der Waals surface area contributed by atoms with Crippen molar-refractivity contribution in [3.63, 3.8) is 0 Å². The van der Waals surface area contributed by atoms with E-state index in [9.17, 15) is 9.59 Å². The van der Waals surface area contributed by atoms with E-state index in [1.165, 1.54) is 4.90 Å². The third-order valence-corrected chi connectivity index (χ3v) is 2.74. The standard InChI is InChI=1S/C11H10ClNO3/c1-2-13(11(12)15)9-5-3-4-7-8(9)6-16-10(7)14/h3-5H,2,6H2,1H3. The Balaban J connectivity index is 2.50. The summed E-state index contributed by atoms with van der Waals surface area (Å²) in [7, 11) is 0. The number of rotatable bonds is 2. The average Bonchev–Trinajstić information content (AvgIpc) is 2.62. The molecule has 1 aliphatic heterocycles. The molecule has 0 atom stereocenters. The van der Waals surface area contributed by atoms with Gasteiger partial charge >= 0.3 is 11.3 Å². The summed E-state index contributed by atoms with van der Waals surface area (Å²) in [6.07, 6.45) is 0. The van der Waals surface area contributed by atoms with Gasteiger partial charge in [0, 0.05) is 12.1 Å². The molecule has 1 aromatic carbocycles.